The molecule has 0 unspecified atom stereocenters. The molecule has 2 aromatic rings. The molecule has 0 spiro atoms. The van der Waals surface area contributed by atoms with Gasteiger partial charge in [-0.3, -0.25) is 4.79 Å². The molecule has 1 N–H and O–H groups in total. The van der Waals surface area contributed by atoms with Gasteiger partial charge in [0.15, 0.2) is 0 Å². The summed E-state index contributed by atoms with van der Waals surface area (Å²) in [7, 11) is 1.61. The van der Waals surface area contributed by atoms with Gasteiger partial charge in [-0.05, 0) is 29.7 Å². The molecule has 78 valence electrons. The van der Waals surface area contributed by atoms with Crippen molar-refractivity contribution < 1.29 is 4.74 Å². The van der Waals surface area contributed by atoms with Crippen LogP contribution in [0.15, 0.2) is 48.4 Å². The molecule has 0 amide bonds. The van der Waals surface area contributed by atoms with Crippen LogP contribution >= 0.6 is 0 Å². The smallest absolute Gasteiger partial charge is 0.255 e. The van der Waals surface area contributed by atoms with Crippen molar-refractivity contribution >= 4 is 10.8 Å². The summed E-state index contributed by atoms with van der Waals surface area (Å²) in [6.45, 7) is 6.00. The molecule has 0 aliphatic rings. The maximum atomic E-state index is 11.3. The number of rotatable bonds is 1. The fourth-order valence-corrected chi connectivity index (χ4v) is 1.30. The van der Waals surface area contributed by atoms with Crippen LogP contribution in [0, 0.1) is 0 Å². The lowest BCUT2D eigenvalue weighted by Gasteiger charge is -2.00. The van der Waals surface area contributed by atoms with Crippen LogP contribution in [0.3, 0.4) is 0 Å². The van der Waals surface area contributed by atoms with Gasteiger partial charge in [0.1, 0.15) is 5.75 Å². The highest BCUT2D eigenvalue weighted by Gasteiger charge is 1.98. The van der Waals surface area contributed by atoms with E-state index >= 15 is 0 Å². The van der Waals surface area contributed by atoms with E-state index in [1.165, 1.54) is 0 Å². The Kier molecular flexibility index (Phi) is 3.68. The number of hydrogen-bond acceptors (Lipinski definition) is 2. The minimum Gasteiger partial charge on any atom is -0.497 e. The number of aromatic amines is 1. The summed E-state index contributed by atoms with van der Waals surface area (Å²) in [5, 5.41) is 1.58. The highest BCUT2D eigenvalue weighted by Crippen LogP contribution is 2.16. The van der Waals surface area contributed by atoms with E-state index in [-0.39, 0.29) is 5.56 Å². The molecule has 2 rings (SSSR count). The minimum atomic E-state index is -0.0693. The average molecular weight is 203 g/mol. The van der Waals surface area contributed by atoms with Gasteiger partial charge in [-0.15, -0.1) is 13.2 Å². The Hall–Kier alpha value is -2.03. The van der Waals surface area contributed by atoms with Crippen LogP contribution in [0.4, 0.5) is 0 Å². The van der Waals surface area contributed by atoms with E-state index < -0.39 is 0 Å². The third-order valence-electron chi connectivity index (χ3n) is 1.98. The molecule has 3 nitrogen and oxygen atoms in total. The Labute approximate surface area is 88.0 Å². The van der Waals surface area contributed by atoms with E-state index in [2.05, 4.69) is 18.1 Å². The lowest BCUT2D eigenvalue weighted by molar-refractivity contribution is 0.415. The molecule has 1 aromatic carbocycles. The normalized spacial score (nSPS) is 9.13. The van der Waals surface area contributed by atoms with Crippen molar-refractivity contribution in [3.05, 3.63) is 54.0 Å². The van der Waals surface area contributed by atoms with Gasteiger partial charge in [0.2, 0.25) is 0 Å². The average Bonchev–Trinajstić information content (AvgIpc) is 2.31. The van der Waals surface area contributed by atoms with E-state index in [0.29, 0.717) is 5.39 Å². The monoisotopic (exact) mass is 203 g/mol. The maximum Gasteiger partial charge on any atom is 0.255 e. The fraction of sp³-hybridized carbons (Fsp3) is 0.0833. The first-order valence-electron chi connectivity index (χ1n) is 4.47. The van der Waals surface area contributed by atoms with Gasteiger partial charge in [-0.25, -0.2) is 0 Å². The summed E-state index contributed by atoms with van der Waals surface area (Å²) in [4.78, 5) is 13.9. The van der Waals surface area contributed by atoms with Crippen LogP contribution in [0.25, 0.3) is 10.8 Å². The molecular weight excluding hydrogens is 190 g/mol. The van der Waals surface area contributed by atoms with Gasteiger partial charge < -0.3 is 9.72 Å². The Bertz CT molecular complexity index is 502. The highest BCUT2D eigenvalue weighted by atomic mass is 16.5. The number of methoxy groups -OCH3 is 1. The zero-order valence-corrected chi connectivity index (χ0v) is 8.62. The molecule has 0 saturated carbocycles. The van der Waals surface area contributed by atoms with Gasteiger partial charge in [-0.1, -0.05) is 0 Å². The zero-order chi connectivity index (χ0) is 11.3. The van der Waals surface area contributed by atoms with Crippen LogP contribution < -0.4 is 10.3 Å². The van der Waals surface area contributed by atoms with Crippen molar-refractivity contribution in [2.45, 2.75) is 0 Å². The first kappa shape index (κ1) is 11.0. The second kappa shape index (κ2) is 5.00. The van der Waals surface area contributed by atoms with E-state index in [0.717, 1.165) is 11.1 Å². The summed E-state index contributed by atoms with van der Waals surface area (Å²) >= 11 is 0. The molecule has 1 heterocycles. The summed E-state index contributed by atoms with van der Waals surface area (Å²) in [6, 6.07) is 7.22. The first-order chi connectivity index (χ1) is 7.31. The molecule has 0 saturated heterocycles. The van der Waals surface area contributed by atoms with Crippen molar-refractivity contribution in [1.29, 1.82) is 0 Å². The number of benzene rings is 1. The van der Waals surface area contributed by atoms with Crippen molar-refractivity contribution in [1.82, 2.24) is 4.98 Å². The third-order valence-corrected chi connectivity index (χ3v) is 1.98. The predicted molar refractivity (Wildman–Crippen MR) is 62.4 cm³/mol. The molecule has 0 aliphatic carbocycles. The topological polar surface area (TPSA) is 42.1 Å². The summed E-state index contributed by atoms with van der Waals surface area (Å²) < 4.78 is 5.05. The number of pyridine rings is 1. The number of H-pyrrole nitrogens is 1. The third kappa shape index (κ3) is 2.26. The predicted octanol–water partition coefficient (Wildman–Crippen LogP) is 2.34. The second-order valence-corrected chi connectivity index (χ2v) is 2.76. The van der Waals surface area contributed by atoms with Gasteiger partial charge in [0.25, 0.3) is 5.56 Å². The van der Waals surface area contributed by atoms with Gasteiger partial charge >= 0.3 is 0 Å². The van der Waals surface area contributed by atoms with E-state index in [1.54, 1.807) is 25.4 Å². The molecule has 1 aromatic heterocycles. The Morgan fingerprint density at radius 1 is 1.27 bits per heavy atom. The van der Waals surface area contributed by atoms with Crippen molar-refractivity contribution in [3.63, 3.8) is 0 Å². The molecule has 3 heteroatoms. The highest BCUT2D eigenvalue weighted by molar-refractivity contribution is 5.82. The van der Waals surface area contributed by atoms with Crippen LogP contribution in [-0.4, -0.2) is 12.1 Å². The van der Waals surface area contributed by atoms with E-state index in [4.69, 9.17) is 4.74 Å². The summed E-state index contributed by atoms with van der Waals surface area (Å²) in [5.74, 6) is 0.762. The molecule has 0 aliphatic heterocycles. The van der Waals surface area contributed by atoms with Crippen LogP contribution in [0.1, 0.15) is 0 Å². The number of nitrogens with one attached hydrogen (secondary N) is 1. The molecule has 0 fully saturated rings. The Morgan fingerprint density at radius 3 is 2.67 bits per heavy atom. The zero-order valence-electron chi connectivity index (χ0n) is 8.62. The van der Waals surface area contributed by atoms with E-state index in [9.17, 15) is 4.79 Å². The number of ether oxygens (including phenoxy) is 1. The van der Waals surface area contributed by atoms with Gasteiger partial charge in [0.05, 0.1) is 7.11 Å². The van der Waals surface area contributed by atoms with Crippen molar-refractivity contribution in [2.24, 2.45) is 0 Å². The van der Waals surface area contributed by atoms with Crippen LogP contribution in [-0.2, 0) is 0 Å². The molecular formula is C12H13NO2. The van der Waals surface area contributed by atoms with Gasteiger partial charge in [-0.2, -0.15) is 0 Å². The SMILES string of the molecule is C=C.COc1ccc2c(=O)[nH]ccc2c1. The van der Waals surface area contributed by atoms with Crippen molar-refractivity contribution in [2.75, 3.05) is 7.11 Å². The minimum absolute atomic E-state index is 0.0693. The molecule has 0 bridgehead atoms. The summed E-state index contributed by atoms with van der Waals surface area (Å²) in [6.07, 6.45) is 1.63. The van der Waals surface area contributed by atoms with E-state index in [1.807, 2.05) is 12.1 Å². The largest absolute Gasteiger partial charge is 0.497 e. The fourth-order valence-electron chi connectivity index (χ4n) is 1.30. The van der Waals surface area contributed by atoms with Crippen molar-refractivity contribution in [3.8, 4) is 5.75 Å². The molecule has 0 radical (unpaired) electrons. The maximum absolute atomic E-state index is 11.3. The Balaban J connectivity index is 0.000000531. The van der Waals surface area contributed by atoms with Crippen LogP contribution in [0.5, 0.6) is 5.75 Å². The number of aromatic nitrogens is 1. The van der Waals surface area contributed by atoms with Gasteiger partial charge in [0, 0.05) is 11.6 Å². The lowest BCUT2D eigenvalue weighted by atomic mass is 10.2. The molecule has 15 heavy (non-hydrogen) atoms. The number of fused-ring (bicyclic) bond motifs is 1. The quantitative estimate of drug-likeness (QED) is 0.723. The Morgan fingerprint density at radius 2 is 2.00 bits per heavy atom. The second-order valence-electron chi connectivity index (χ2n) is 2.76. The first-order valence-corrected chi connectivity index (χ1v) is 4.47. The molecule has 0 atom stereocenters. The van der Waals surface area contributed by atoms with Crippen LogP contribution in [0.2, 0.25) is 0 Å². The standard InChI is InChI=1S/C10H9NO2.C2H4/c1-13-8-2-3-9-7(6-8)4-5-11-10(9)12;1-2/h2-6H,1H3,(H,11,12);1-2H2. The lowest BCUT2D eigenvalue weighted by Crippen LogP contribution is -2.03. The number of hydrogen-bond donors (Lipinski definition) is 1. The summed E-state index contributed by atoms with van der Waals surface area (Å²) in [5.41, 5.74) is -0.0693.